The van der Waals surface area contributed by atoms with Gasteiger partial charge in [-0.05, 0) is 25.0 Å². The first kappa shape index (κ1) is 9.21. The first-order chi connectivity index (χ1) is 6.55. The Kier molecular flexibility index (Phi) is 1.86. The molecule has 0 radical (unpaired) electrons. The van der Waals surface area contributed by atoms with E-state index in [4.69, 9.17) is 10.5 Å². The van der Waals surface area contributed by atoms with Crippen molar-refractivity contribution in [2.24, 2.45) is 5.73 Å². The van der Waals surface area contributed by atoms with Gasteiger partial charge in [0.15, 0.2) is 5.60 Å². The SMILES string of the molecule is Cc1ccccc1[C@@H]1O[C@@]1(C)C(N)=O. The van der Waals surface area contributed by atoms with Crippen LogP contribution < -0.4 is 5.73 Å². The fourth-order valence-electron chi connectivity index (χ4n) is 1.64. The van der Waals surface area contributed by atoms with Crippen molar-refractivity contribution < 1.29 is 9.53 Å². The molecule has 0 aliphatic carbocycles. The normalized spacial score (nSPS) is 30.0. The summed E-state index contributed by atoms with van der Waals surface area (Å²) in [7, 11) is 0. The second-order valence-electron chi connectivity index (χ2n) is 3.83. The van der Waals surface area contributed by atoms with Gasteiger partial charge in [0.1, 0.15) is 6.10 Å². The third-order valence-corrected chi connectivity index (χ3v) is 2.77. The van der Waals surface area contributed by atoms with Crippen molar-refractivity contribution in [2.75, 3.05) is 0 Å². The Bertz CT molecular complexity index is 389. The van der Waals surface area contributed by atoms with Crippen LogP contribution in [0.15, 0.2) is 24.3 Å². The lowest BCUT2D eigenvalue weighted by molar-refractivity contribution is -0.122. The number of hydrogen-bond acceptors (Lipinski definition) is 2. The van der Waals surface area contributed by atoms with Crippen molar-refractivity contribution in [3.05, 3.63) is 35.4 Å². The molecule has 1 aromatic rings. The van der Waals surface area contributed by atoms with E-state index in [1.54, 1.807) is 6.92 Å². The zero-order valence-corrected chi connectivity index (χ0v) is 8.28. The average molecular weight is 191 g/mol. The number of hydrogen-bond donors (Lipinski definition) is 1. The van der Waals surface area contributed by atoms with E-state index in [1.807, 2.05) is 31.2 Å². The van der Waals surface area contributed by atoms with E-state index >= 15 is 0 Å². The second-order valence-corrected chi connectivity index (χ2v) is 3.83. The largest absolute Gasteiger partial charge is 0.367 e. The van der Waals surface area contributed by atoms with Crippen molar-refractivity contribution in [3.63, 3.8) is 0 Å². The Hall–Kier alpha value is -1.35. The lowest BCUT2D eigenvalue weighted by atomic mass is 9.97. The monoisotopic (exact) mass is 191 g/mol. The highest BCUT2D eigenvalue weighted by Crippen LogP contribution is 2.49. The maximum Gasteiger partial charge on any atom is 0.252 e. The third-order valence-electron chi connectivity index (χ3n) is 2.77. The number of epoxide rings is 1. The molecule has 2 atom stereocenters. The number of primary amides is 1. The van der Waals surface area contributed by atoms with Gasteiger partial charge < -0.3 is 10.5 Å². The first-order valence-corrected chi connectivity index (χ1v) is 4.59. The smallest absolute Gasteiger partial charge is 0.252 e. The van der Waals surface area contributed by atoms with Gasteiger partial charge in [-0.25, -0.2) is 0 Å². The van der Waals surface area contributed by atoms with Gasteiger partial charge in [0.25, 0.3) is 5.91 Å². The molecule has 1 fully saturated rings. The van der Waals surface area contributed by atoms with Crippen LogP contribution in [0.2, 0.25) is 0 Å². The maximum atomic E-state index is 11.1. The Labute approximate surface area is 82.9 Å². The van der Waals surface area contributed by atoms with E-state index in [0.717, 1.165) is 11.1 Å². The molecule has 1 aliphatic heterocycles. The van der Waals surface area contributed by atoms with Crippen molar-refractivity contribution in [2.45, 2.75) is 25.6 Å². The number of rotatable bonds is 2. The van der Waals surface area contributed by atoms with Crippen LogP contribution in [0.3, 0.4) is 0 Å². The number of benzene rings is 1. The molecule has 3 nitrogen and oxygen atoms in total. The molecule has 1 aromatic carbocycles. The molecule has 1 saturated heterocycles. The fraction of sp³-hybridized carbons (Fsp3) is 0.364. The highest BCUT2D eigenvalue weighted by Gasteiger charge is 2.58. The summed E-state index contributed by atoms with van der Waals surface area (Å²) in [6.07, 6.45) is -0.166. The number of carbonyl (C=O) groups is 1. The Morgan fingerprint density at radius 3 is 2.64 bits per heavy atom. The van der Waals surface area contributed by atoms with Gasteiger partial charge in [-0.15, -0.1) is 0 Å². The van der Waals surface area contributed by atoms with E-state index in [9.17, 15) is 4.79 Å². The van der Waals surface area contributed by atoms with Crippen LogP contribution >= 0.6 is 0 Å². The van der Waals surface area contributed by atoms with Crippen LogP contribution in [0.25, 0.3) is 0 Å². The van der Waals surface area contributed by atoms with Crippen LogP contribution in [0, 0.1) is 6.92 Å². The molecule has 0 unspecified atom stereocenters. The Morgan fingerprint density at radius 2 is 2.14 bits per heavy atom. The topological polar surface area (TPSA) is 55.6 Å². The predicted octanol–water partition coefficient (Wildman–Crippen LogP) is 1.31. The zero-order valence-electron chi connectivity index (χ0n) is 8.28. The minimum atomic E-state index is -0.799. The van der Waals surface area contributed by atoms with Crippen LogP contribution in [-0.4, -0.2) is 11.5 Å². The molecule has 0 bridgehead atoms. The zero-order chi connectivity index (χ0) is 10.3. The number of aryl methyl sites for hydroxylation is 1. The molecule has 0 spiro atoms. The average Bonchev–Trinajstić information content (AvgIpc) is 2.80. The maximum absolute atomic E-state index is 11.1. The van der Waals surface area contributed by atoms with Gasteiger partial charge in [-0.1, -0.05) is 24.3 Å². The van der Waals surface area contributed by atoms with Crippen LogP contribution in [0.1, 0.15) is 24.2 Å². The summed E-state index contributed by atoms with van der Waals surface area (Å²) in [5.41, 5.74) is 6.62. The molecule has 2 N–H and O–H groups in total. The Morgan fingerprint density at radius 1 is 1.50 bits per heavy atom. The summed E-state index contributed by atoms with van der Waals surface area (Å²) in [6.45, 7) is 3.73. The number of carbonyl (C=O) groups excluding carboxylic acids is 1. The molecule has 74 valence electrons. The summed E-state index contributed by atoms with van der Waals surface area (Å²) in [6, 6.07) is 7.86. The van der Waals surface area contributed by atoms with E-state index in [1.165, 1.54) is 0 Å². The van der Waals surface area contributed by atoms with Crippen molar-refractivity contribution in [1.82, 2.24) is 0 Å². The van der Waals surface area contributed by atoms with Crippen molar-refractivity contribution in [3.8, 4) is 0 Å². The number of ether oxygens (including phenoxy) is 1. The quantitative estimate of drug-likeness (QED) is 0.716. The summed E-state index contributed by atoms with van der Waals surface area (Å²) >= 11 is 0. The summed E-state index contributed by atoms with van der Waals surface area (Å²) in [5.74, 6) is -0.397. The molecule has 0 saturated carbocycles. The van der Waals surface area contributed by atoms with Gasteiger partial charge in [0.2, 0.25) is 0 Å². The minimum absolute atomic E-state index is 0.166. The first-order valence-electron chi connectivity index (χ1n) is 4.59. The van der Waals surface area contributed by atoms with Crippen LogP contribution in [0.4, 0.5) is 0 Å². The van der Waals surface area contributed by atoms with Gasteiger partial charge in [0, 0.05) is 0 Å². The van der Waals surface area contributed by atoms with Gasteiger partial charge in [-0.3, -0.25) is 4.79 Å². The molecule has 2 rings (SSSR count). The van der Waals surface area contributed by atoms with Crippen LogP contribution in [0.5, 0.6) is 0 Å². The Balaban J connectivity index is 2.29. The molecule has 3 heteroatoms. The van der Waals surface area contributed by atoms with E-state index < -0.39 is 11.5 Å². The minimum Gasteiger partial charge on any atom is -0.367 e. The third kappa shape index (κ3) is 1.21. The molecule has 1 amide bonds. The molecule has 1 aliphatic rings. The molecule has 14 heavy (non-hydrogen) atoms. The number of amides is 1. The highest BCUT2D eigenvalue weighted by atomic mass is 16.6. The standard InChI is InChI=1S/C11H13NO2/c1-7-5-3-4-6-8(7)9-11(2,14-9)10(12)13/h3-6,9H,1-2H3,(H2,12,13)/t9-,11+/m0/s1. The van der Waals surface area contributed by atoms with E-state index in [0.29, 0.717) is 0 Å². The molecular formula is C11H13NO2. The van der Waals surface area contributed by atoms with Crippen molar-refractivity contribution >= 4 is 5.91 Å². The summed E-state index contributed by atoms with van der Waals surface area (Å²) in [5, 5.41) is 0. The predicted molar refractivity (Wildman–Crippen MR) is 52.6 cm³/mol. The van der Waals surface area contributed by atoms with Crippen molar-refractivity contribution in [1.29, 1.82) is 0 Å². The number of nitrogens with two attached hydrogens (primary N) is 1. The van der Waals surface area contributed by atoms with E-state index in [2.05, 4.69) is 0 Å². The van der Waals surface area contributed by atoms with Crippen LogP contribution in [-0.2, 0) is 9.53 Å². The lowest BCUT2D eigenvalue weighted by Crippen LogP contribution is -2.29. The highest BCUT2D eigenvalue weighted by molar-refractivity contribution is 5.86. The van der Waals surface area contributed by atoms with Gasteiger partial charge >= 0.3 is 0 Å². The van der Waals surface area contributed by atoms with Gasteiger partial charge in [0.05, 0.1) is 0 Å². The molecule has 0 aromatic heterocycles. The molecular weight excluding hydrogens is 178 g/mol. The molecule has 1 heterocycles. The fourth-order valence-corrected chi connectivity index (χ4v) is 1.64. The van der Waals surface area contributed by atoms with E-state index in [-0.39, 0.29) is 6.10 Å². The second kappa shape index (κ2) is 2.82. The summed E-state index contributed by atoms with van der Waals surface area (Å²) < 4.78 is 5.36. The van der Waals surface area contributed by atoms with Gasteiger partial charge in [-0.2, -0.15) is 0 Å². The lowest BCUT2D eigenvalue weighted by Gasteiger charge is -2.03. The summed E-state index contributed by atoms with van der Waals surface area (Å²) in [4.78, 5) is 11.1.